The molecule has 0 saturated carbocycles. The Kier molecular flexibility index (Phi) is 4.25. The molecule has 1 fully saturated rings. The number of aromatic nitrogens is 4. The first kappa shape index (κ1) is 16.9. The maximum Gasteiger partial charge on any atom is 0.248 e. The molecule has 142 valence electrons. The first-order valence-electron chi connectivity index (χ1n) is 9.23. The molecule has 3 heterocycles. The molecule has 3 aromatic rings. The van der Waals surface area contributed by atoms with Crippen molar-refractivity contribution in [2.75, 3.05) is 36.5 Å². The zero-order chi connectivity index (χ0) is 18.9. The summed E-state index contributed by atoms with van der Waals surface area (Å²) in [5.74, 6) is 0.293. The Morgan fingerprint density at radius 1 is 1.00 bits per heavy atom. The van der Waals surface area contributed by atoms with E-state index in [4.69, 9.17) is 4.74 Å². The van der Waals surface area contributed by atoms with Gasteiger partial charge in [0.05, 0.1) is 13.2 Å². The number of hydrogen-bond donors (Lipinski definition) is 1. The Bertz CT molecular complexity index is 992. The van der Waals surface area contributed by atoms with Gasteiger partial charge < -0.3 is 15.0 Å². The molecule has 1 saturated heterocycles. The number of halogens is 1. The number of morpholine rings is 1. The monoisotopic (exact) mass is 378 g/mol. The van der Waals surface area contributed by atoms with Gasteiger partial charge in [-0.2, -0.15) is 4.68 Å². The van der Waals surface area contributed by atoms with Gasteiger partial charge in [-0.3, -0.25) is 0 Å². The number of allylic oxidation sites excluding steroid dienone is 1. The number of tetrazole rings is 1. The minimum atomic E-state index is -0.266. The molecular formula is C20H19FN6O. The van der Waals surface area contributed by atoms with Crippen LogP contribution in [0.4, 0.5) is 16.0 Å². The van der Waals surface area contributed by atoms with Crippen LogP contribution >= 0.6 is 0 Å². The summed E-state index contributed by atoms with van der Waals surface area (Å²) in [6.07, 6.45) is 2.06. The summed E-state index contributed by atoms with van der Waals surface area (Å²) >= 11 is 0. The fraction of sp³-hybridized carbons (Fsp3) is 0.250. The van der Waals surface area contributed by atoms with Gasteiger partial charge in [0.25, 0.3) is 0 Å². The molecule has 1 aromatic heterocycles. The maximum absolute atomic E-state index is 13.3. The molecule has 0 radical (unpaired) electrons. The van der Waals surface area contributed by atoms with Crippen molar-refractivity contribution >= 4 is 17.3 Å². The molecule has 8 heteroatoms. The number of rotatable bonds is 3. The third-order valence-corrected chi connectivity index (χ3v) is 5.09. The van der Waals surface area contributed by atoms with Crippen molar-refractivity contribution in [2.45, 2.75) is 6.04 Å². The van der Waals surface area contributed by atoms with Crippen molar-refractivity contribution in [1.82, 2.24) is 20.2 Å². The molecule has 0 aliphatic carbocycles. The van der Waals surface area contributed by atoms with E-state index in [0.717, 1.165) is 43.1 Å². The highest BCUT2D eigenvalue weighted by Crippen LogP contribution is 2.32. The smallest absolute Gasteiger partial charge is 0.248 e. The van der Waals surface area contributed by atoms with Crippen molar-refractivity contribution in [3.8, 4) is 0 Å². The van der Waals surface area contributed by atoms with Gasteiger partial charge in [-0.25, -0.2) is 4.39 Å². The van der Waals surface area contributed by atoms with Gasteiger partial charge >= 0.3 is 0 Å². The Morgan fingerprint density at radius 3 is 2.50 bits per heavy atom. The number of hydrogen-bond acceptors (Lipinski definition) is 6. The molecule has 0 amide bonds. The first-order chi connectivity index (χ1) is 13.8. The summed E-state index contributed by atoms with van der Waals surface area (Å²) in [5, 5.41) is 15.2. The van der Waals surface area contributed by atoms with E-state index in [1.54, 1.807) is 16.8 Å². The molecule has 0 unspecified atom stereocenters. The van der Waals surface area contributed by atoms with Crippen LogP contribution in [0.5, 0.6) is 0 Å². The summed E-state index contributed by atoms with van der Waals surface area (Å²) in [6, 6.07) is 14.6. The number of benzene rings is 2. The van der Waals surface area contributed by atoms with Crippen molar-refractivity contribution in [1.29, 1.82) is 0 Å². The molecule has 7 nitrogen and oxygen atoms in total. The molecule has 5 rings (SSSR count). The van der Waals surface area contributed by atoms with E-state index in [0.29, 0.717) is 5.95 Å². The lowest BCUT2D eigenvalue weighted by molar-refractivity contribution is 0.122. The molecule has 28 heavy (non-hydrogen) atoms. The molecule has 2 aliphatic heterocycles. The fourth-order valence-corrected chi connectivity index (χ4v) is 3.59. The number of anilines is 2. The molecule has 2 aromatic carbocycles. The highest BCUT2D eigenvalue weighted by Gasteiger charge is 2.24. The van der Waals surface area contributed by atoms with E-state index < -0.39 is 0 Å². The van der Waals surface area contributed by atoms with Crippen LogP contribution in [0.15, 0.2) is 54.6 Å². The predicted molar refractivity (Wildman–Crippen MR) is 103 cm³/mol. The first-order valence-corrected chi connectivity index (χ1v) is 9.23. The third-order valence-electron chi connectivity index (χ3n) is 5.09. The molecule has 2 aliphatic rings. The number of ether oxygens (including phenoxy) is 1. The zero-order valence-corrected chi connectivity index (χ0v) is 15.1. The van der Waals surface area contributed by atoms with E-state index >= 15 is 0 Å². The second-order valence-electron chi connectivity index (χ2n) is 6.80. The van der Waals surface area contributed by atoms with Crippen molar-refractivity contribution in [3.63, 3.8) is 0 Å². The highest BCUT2D eigenvalue weighted by molar-refractivity contribution is 5.77. The lowest BCUT2D eigenvalue weighted by atomic mass is 10.0. The van der Waals surface area contributed by atoms with Crippen LogP contribution in [0.25, 0.3) is 5.70 Å². The summed E-state index contributed by atoms with van der Waals surface area (Å²) in [7, 11) is 0. The summed E-state index contributed by atoms with van der Waals surface area (Å²) < 4.78 is 20.5. The Morgan fingerprint density at radius 2 is 1.75 bits per heavy atom. The van der Waals surface area contributed by atoms with Crippen molar-refractivity contribution in [2.24, 2.45) is 0 Å². The summed E-state index contributed by atoms with van der Waals surface area (Å²) in [6.45, 7) is 3.33. The van der Waals surface area contributed by atoms with Gasteiger partial charge in [-0.15, -0.1) is 0 Å². The minimum absolute atomic E-state index is 0.208. The van der Waals surface area contributed by atoms with E-state index in [2.05, 4.69) is 56.1 Å². The van der Waals surface area contributed by atoms with E-state index in [9.17, 15) is 4.39 Å². The van der Waals surface area contributed by atoms with Gasteiger partial charge in [0.2, 0.25) is 5.95 Å². The lowest BCUT2D eigenvalue weighted by Crippen LogP contribution is -2.36. The van der Waals surface area contributed by atoms with Crippen LogP contribution in [0.3, 0.4) is 0 Å². The Hall–Kier alpha value is -3.26. The Labute approximate surface area is 161 Å². The fourth-order valence-electron chi connectivity index (χ4n) is 3.59. The van der Waals surface area contributed by atoms with Crippen LogP contribution in [0, 0.1) is 5.82 Å². The highest BCUT2D eigenvalue weighted by atomic mass is 19.1. The number of nitrogens with one attached hydrogen (secondary N) is 1. The van der Waals surface area contributed by atoms with Crippen molar-refractivity contribution < 1.29 is 9.13 Å². The topological polar surface area (TPSA) is 68.1 Å². The standard InChI is InChI=1S/C20H19FN6O/c21-16-5-1-15(2-6-16)19-13-18(22-20-23-24-25-27(19)20)14-3-7-17(8-4-14)26-9-11-28-12-10-26/h1-8,13,19H,9-12H2,(H,22,23,25)/t19-/m0/s1. The summed E-state index contributed by atoms with van der Waals surface area (Å²) in [4.78, 5) is 2.32. The average molecular weight is 378 g/mol. The predicted octanol–water partition coefficient (Wildman–Crippen LogP) is 2.70. The average Bonchev–Trinajstić information content (AvgIpc) is 3.23. The van der Waals surface area contributed by atoms with Gasteiger partial charge in [0.1, 0.15) is 11.9 Å². The van der Waals surface area contributed by atoms with Gasteiger partial charge in [0, 0.05) is 24.5 Å². The summed E-state index contributed by atoms with van der Waals surface area (Å²) in [5.41, 5.74) is 4.06. The largest absolute Gasteiger partial charge is 0.378 e. The van der Waals surface area contributed by atoms with E-state index in [-0.39, 0.29) is 11.9 Å². The Balaban J connectivity index is 1.46. The van der Waals surface area contributed by atoms with Crippen LogP contribution in [-0.4, -0.2) is 46.5 Å². The molecule has 1 N–H and O–H groups in total. The van der Waals surface area contributed by atoms with Crippen LogP contribution in [0.2, 0.25) is 0 Å². The van der Waals surface area contributed by atoms with Crippen LogP contribution in [0.1, 0.15) is 17.2 Å². The molecule has 1 atom stereocenters. The second-order valence-corrected chi connectivity index (χ2v) is 6.80. The van der Waals surface area contributed by atoms with Crippen molar-refractivity contribution in [3.05, 3.63) is 71.6 Å². The van der Waals surface area contributed by atoms with Gasteiger partial charge in [0.15, 0.2) is 0 Å². The quantitative estimate of drug-likeness (QED) is 0.756. The molecule has 0 bridgehead atoms. The number of fused-ring (bicyclic) bond motifs is 1. The van der Waals surface area contributed by atoms with Crippen LogP contribution in [-0.2, 0) is 4.74 Å². The molecular weight excluding hydrogens is 359 g/mol. The van der Waals surface area contributed by atoms with E-state index in [1.807, 2.05) is 0 Å². The van der Waals surface area contributed by atoms with Crippen LogP contribution < -0.4 is 10.2 Å². The SMILES string of the molecule is Fc1ccc([C@@H]2C=C(c3ccc(N4CCOCC4)cc3)Nc3nnnn32)cc1. The number of nitrogens with zero attached hydrogens (tertiary/aromatic N) is 5. The second kappa shape index (κ2) is 7.05. The minimum Gasteiger partial charge on any atom is -0.378 e. The normalized spacial score (nSPS) is 19.0. The zero-order valence-electron chi connectivity index (χ0n) is 15.1. The molecule has 0 spiro atoms. The van der Waals surface area contributed by atoms with E-state index in [1.165, 1.54) is 17.8 Å². The maximum atomic E-state index is 13.3. The third kappa shape index (κ3) is 3.11. The van der Waals surface area contributed by atoms with Gasteiger partial charge in [-0.05, 0) is 51.9 Å². The van der Waals surface area contributed by atoms with Gasteiger partial charge in [-0.1, -0.05) is 29.4 Å². The lowest BCUT2D eigenvalue weighted by Gasteiger charge is -2.29.